The minimum Gasteiger partial charge on any atom is -0.486 e. The zero-order chi connectivity index (χ0) is 21.0. The van der Waals surface area contributed by atoms with E-state index in [1.807, 2.05) is 12.1 Å². The van der Waals surface area contributed by atoms with Crippen molar-refractivity contribution in [2.45, 2.75) is 11.4 Å². The fraction of sp³-hybridized carbons (Fsp3) is 0.136. The van der Waals surface area contributed by atoms with Crippen molar-refractivity contribution in [1.82, 2.24) is 5.32 Å². The normalized spacial score (nSPS) is 12.8. The van der Waals surface area contributed by atoms with Crippen molar-refractivity contribution in [2.24, 2.45) is 0 Å². The molecule has 3 aromatic carbocycles. The van der Waals surface area contributed by atoms with Gasteiger partial charge in [-0.2, -0.15) is 0 Å². The fourth-order valence-corrected chi connectivity index (χ4v) is 4.11. The van der Waals surface area contributed by atoms with Crippen molar-refractivity contribution in [2.75, 3.05) is 17.9 Å². The van der Waals surface area contributed by atoms with Gasteiger partial charge < -0.3 is 14.8 Å². The maximum absolute atomic E-state index is 12.6. The second-order valence-electron chi connectivity index (χ2n) is 6.66. The zero-order valence-electron chi connectivity index (χ0n) is 16.0. The van der Waals surface area contributed by atoms with Crippen molar-refractivity contribution in [3.05, 3.63) is 83.9 Å². The third-order valence-electron chi connectivity index (χ3n) is 4.49. The maximum atomic E-state index is 12.6. The predicted octanol–water partition coefficient (Wildman–Crippen LogP) is 3.19. The van der Waals surface area contributed by atoms with Gasteiger partial charge >= 0.3 is 0 Å². The van der Waals surface area contributed by atoms with Gasteiger partial charge in [-0.25, -0.2) is 8.42 Å². The van der Waals surface area contributed by atoms with Crippen LogP contribution in [0.5, 0.6) is 11.5 Å². The van der Waals surface area contributed by atoms with Crippen LogP contribution in [0.4, 0.5) is 5.69 Å². The van der Waals surface area contributed by atoms with E-state index in [9.17, 15) is 13.2 Å². The first-order valence-corrected chi connectivity index (χ1v) is 10.8. The summed E-state index contributed by atoms with van der Waals surface area (Å²) in [6.07, 6.45) is 0. The molecule has 2 N–H and O–H groups in total. The summed E-state index contributed by atoms with van der Waals surface area (Å²) in [5, 5.41) is 2.80. The van der Waals surface area contributed by atoms with Crippen LogP contribution in [0.1, 0.15) is 15.9 Å². The van der Waals surface area contributed by atoms with Gasteiger partial charge in [0.2, 0.25) is 0 Å². The molecule has 8 heteroatoms. The van der Waals surface area contributed by atoms with Crippen molar-refractivity contribution in [3.63, 3.8) is 0 Å². The van der Waals surface area contributed by atoms with Crippen LogP contribution in [0.3, 0.4) is 0 Å². The second kappa shape index (κ2) is 8.46. The average Bonchev–Trinajstić information content (AvgIpc) is 2.78. The number of hydrogen-bond donors (Lipinski definition) is 2. The van der Waals surface area contributed by atoms with Gasteiger partial charge in [0, 0.05) is 17.8 Å². The summed E-state index contributed by atoms with van der Waals surface area (Å²) in [5.41, 5.74) is 1.55. The molecule has 3 aromatic rings. The number of amides is 1. The molecule has 7 nitrogen and oxygen atoms in total. The molecule has 1 aliphatic heterocycles. The Kier molecular flexibility index (Phi) is 5.58. The van der Waals surface area contributed by atoms with Gasteiger partial charge in [-0.1, -0.05) is 30.3 Å². The monoisotopic (exact) mass is 424 g/mol. The summed E-state index contributed by atoms with van der Waals surface area (Å²) in [6, 6.07) is 20.0. The van der Waals surface area contributed by atoms with E-state index in [1.54, 1.807) is 48.5 Å². The maximum Gasteiger partial charge on any atom is 0.261 e. The zero-order valence-corrected chi connectivity index (χ0v) is 16.8. The number of benzene rings is 3. The standard InChI is InChI=1S/C22H20N2O5S/c25-22(23-15-16-9-10-20-21(13-16)29-12-11-28-20)17-5-4-8-19(14-17)30(26,27)24-18-6-2-1-3-7-18/h1-10,13-14,24H,11-12,15H2,(H,23,25). The number of rotatable bonds is 6. The van der Waals surface area contributed by atoms with Crippen molar-refractivity contribution in [1.29, 1.82) is 0 Å². The number of sulfonamides is 1. The molecule has 0 unspecified atom stereocenters. The molecule has 0 saturated heterocycles. The highest BCUT2D eigenvalue weighted by Gasteiger charge is 2.17. The molecule has 1 amide bonds. The molecule has 1 aliphatic rings. The number of nitrogens with one attached hydrogen (secondary N) is 2. The topological polar surface area (TPSA) is 93.7 Å². The number of anilines is 1. The Bertz CT molecular complexity index is 1160. The summed E-state index contributed by atoms with van der Waals surface area (Å²) in [7, 11) is -3.81. The van der Waals surface area contributed by atoms with E-state index in [4.69, 9.17) is 9.47 Å². The van der Waals surface area contributed by atoms with Gasteiger partial charge in [0.25, 0.3) is 15.9 Å². The lowest BCUT2D eigenvalue weighted by molar-refractivity contribution is 0.0950. The lowest BCUT2D eigenvalue weighted by atomic mass is 10.1. The van der Waals surface area contributed by atoms with E-state index < -0.39 is 10.0 Å². The van der Waals surface area contributed by atoms with E-state index in [0.717, 1.165) is 5.56 Å². The second-order valence-corrected chi connectivity index (χ2v) is 8.34. The van der Waals surface area contributed by atoms with Gasteiger partial charge in [-0.05, 0) is 48.0 Å². The molecule has 154 valence electrons. The molecular weight excluding hydrogens is 404 g/mol. The van der Waals surface area contributed by atoms with Gasteiger partial charge in [0.1, 0.15) is 13.2 Å². The molecule has 4 rings (SSSR count). The van der Waals surface area contributed by atoms with Crippen molar-refractivity contribution < 1.29 is 22.7 Å². The van der Waals surface area contributed by atoms with Crippen molar-refractivity contribution >= 4 is 21.6 Å². The minimum absolute atomic E-state index is 0.0123. The van der Waals surface area contributed by atoms with E-state index >= 15 is 0 Å². The summed E-state index contributed by atoms with van der Waals surface area (Å²) >= 11 is 0. The largest absolute Gasteiger partial charge is 0.486 e. The Hall–Kier alpha value is -3.52. The molecule has 0 saturated carbocycles. The average molecular weight is 424 g/mol. The van der Waals surface area contributed by atoms with Crippen molar-refractivity contribution in [3.8, 4) is 11.5 Å². The van der Waals surface area contributed by atoms with Gasteiger partial charge in [0.05, 0.1) is 4.90 Å². The number of carbonyl (C=O) groups excluding carboxylic acids is 1. The van der Waals surface area contributed by atoms with Crippen LogP contribution in [0.15, 0.2) is 77.7 Å². The van der Waals surface area contributed by atoms with Gasteiger partial charge in [0.15, 0.2) is 11.5 Å². The first kappa shape index (κ1) is 19.8. The third kappa shape index (κ3) is 4.55. The molecule has 30 heavy (non-hydrogen) atoms. The summed E-state index contributed by atoms with van der Waals surface area (Å²) in [4.78, 5) is 12.6. The van der Waals surface area contributed by atoms with E-state index in [0.29, 0.717) is 30.4 Å². The SMILES string of the molecule is O=C(NCc1ccc2c(c1)OCCO2)c1cccc(S(=O)(=O)Nc2ccccc2)c1. The molecule has 1 heterocycles. The third-order valence-corrected chi connectivity index (χ3v) is 5.87. The van der Waals surface area contributed by atoms with E-state index in [1.165, 1.54) is 12.1 Å². The van der Waals surface area contributed by atoms with Crippen LogP contribution in [-0.2, 0) is 16.6 Å². The van der Waals surface area contributed by atoms with Crippen LogP contribution < -0.4 is 19.5 Å². The van der Waals surface area contributed by atoms with E-state index in [2.05, 4.69) is 10.0 Å². The summed E-state index contributed by atoms with van der Waals surface area (Å²) < 4.78 is 38.8. The molecule has 0 spiro atoms. The lowest BCUT2D eigenvalue weighted by Crippen LogP contribution is -2.23. The Labute approximate surface area is 174 Å². The van der Waals surface area contributed by atoms with Crippen LogP contribution in [0.25, 0.3) is 0 Å². The Morgan fingerprint density at radius 2 is 1.63 bits per heavy atom. The smallest absolute Gasteiger partial charge is 0.261 e. The summed E-state index contributed by atoms with van der Waals surface area (Å²) in [6.45, 7) is 1.28. The molecule has 0 bridgehead atoms. The minimum atomic E-state index is -3.81. The number of hydrogen-bond acceptors (Lipinski definition) is 5. The highest BCUT2D eigenvalue weighted by Crippen LogP contribution is 2.30. The highest BCUT2D eigenvalue weighted by atomic mass is 32.2. The van der Waals surface area contributed by atoms with Crippen LogP contribution in [-0.4, -0.2) is 27.5 Å². The van der Waals surface area contributed by atoms with Gasteiger partial charge in [-0.3, -0.25) is 9.52 Å². The molecular formula is C22H20N2O5S. The Morgan fingerprint density at radius 1 is 0.867 bits per heavy atom. The number of para-hydroxylation sites is 1. The molecule has 0 fully saturated rings. The summed E-state index contributed by atoms with van der Waals surface area (Å²) in [5.74, 6) is 0.954. The lowest BCUT2D eigenvalue weighted by Gasteiger charge is -2.19. The van der Waals surface area contributed by atoms with Gasteiger partial charge in [-0.15, -0.1) is 0 Å². The Morgan fingerprint density at radius 3 is 2.43 bits per heavy atom. The molecule has 0 aliphatic carbocycles. The number of fused-ring (bicyclic) bond motifs is 1. The quantitative estimate of drug-likeness (QED) is 0.634. The predicted molar refractivity (Wildman–Crippen MR) is 112 cm³/mol. The van der Waals surface area contributed by atoms with Crippen LogP contribution in [0.2, 0.25) is 0 Å². The highest BCUT2D eigenvalue weighted by molar-refractivity contribution is 7.92. The molecule has 0 aromatic heterocycles. The molecule has 0 atom stereocenters. The molecule has 0 radical (unpaired) electrons. The van der Waals surface area contributed by atoms with Crippen LogP contribution in [0, 0.1) is 0 Å². The van der Waals surface area contributed by atoms with Crippen LogP contribution >= 0.6 is 0 Å². The Balaban J connectivity index is 1.45. The van der Waals surface area contributed by atoms with E-state index in [-0.39, 0.29) is 22.9 Å². The number of carbonyl (C=O) groups is 1. The fourth-order valence-electron chi connectivity index (χ4n) is 3.01. The first-order chi connectivity index (χ1) is 14.5. The number of ether oxygens (including phenoxy) is 2. The first-order valence-electron chi connectivity index (χ1n) is 9.36.